The Bertz CT molecular complexity index is 393. The number of nitrogens with one attached hydrogen (secondary N) is 1. The van der Waals surface area contributed by atoms with Gasteiger partial charge in [0.2, 0.25) is 0 Å². The molecule has 3 heteroatoms. The molecule has 0 heterocycles. The van der Waals surface area contributed by atoms with Crippen molar-refractivity contribution in [3.8, 4) is 5.75 Å². The molecular weight excluding hydrogens is 250 g/mol. The molecule has 2 atom stereocenters. The highest BCUT2D eigenvalue weighted by molar-refractivity contribution is 5.20. The maximum absolute atomic E-state index is 9.85. The first kappa shape index (κ1) is 15.3. The zero-order valence-corrected chi connectivity index (χ0v) is 12.6. The average molecular weight is 277 g/mol. The largest absolute Gasteiger partial charge is 0.494 e. The van der Waals surface area contributed by atoms with Crippen molar-refractivity contribution in [1.82, 2.24) is 5.32 Å². The molecule has 1 saturated carbocycles. The van der Waals surface area contributed by atoms with Crippen molar-refractivity contribution in [3.05, 3.63) is 30.3 Å². The minimum atomic E-state index is -0.103. The fourth-order valence-corrected chi connectivity index (χ4v) is 3.42. The number of hydrogen-bond acceptors (Lipinski definition) is 3. The van der Waals surface area contributed by atoms with Gasteiger partial charge in [-0.2, -0.15) is 0 Å². The van der Waals surface area contributed by atoms with Gasteiger partial charge in [-0.3, -0.25) is 0 Å². The quantitative estimate of drug-likeness (QED) is 0.805. The lowest BCUT2D eigenvalue weighted by atomic mass is 9.85. The van der Waals surface area contributed by atoms with Crippen molar-refractivity contribution in [2.45, 2.75) is 51.1 Å². The molecule has 2 unspecified atom stereocenters. The first-order valence-corrected chi connectivity index (χ1v) is 7.73. The van der Waals surface area contributed by atoms with Crippen LogP contribution in [0.5, 0.6) is 5.75 Å². The Kier molecular flexibility index (Phi) is 5.44. The second-order valence-electron chi connectivity index (χ2n) is 6.15. The normalized spacial score (nSPS) is 26.1. The van der Waals surface area contributed by atoms with E-state index in [1.165, 1.54) is 12.8 Å². The minimum absolute atomic E-state index is 0.103. The molecule has 0 radical (unpaired) electrons. The maximum atomic E-state index is 9.85. The Morgan fingerprint density at radius 1 is 1.35 bits per heavy atom. The molecule has 1 aliphatic carbocycles. The van der Waals surface area contributed by atoms with Gasteiger partial charge in [0, 0.05) is 11.6 Å². The standard InChI is InChI=1S/C17H27NO2/c1-14(2)18-17(13-19)11-6-7-15(17)10-12-20-16-8-4-3-5-9-16/h3-5,8-9,14-15,18-19H,6-7,10-13H2,1-2H3. The number of para-hydroxylation sites is 1. The highest BCUT2D eigenvalue weighted by Crippen LogP contribution is 2.38. The Morgan fingerprint density at radius 3 is 2.75 bits per heavy atom. The molecule has 0 saturated heterocycles. The molecule has 20 heavy (non-hydrogen) atoms. The van der Waals surface area contributed by atoms with Crippen molar-refractivity contribution < 1.29 is 9.84 Å². The molecule has 2 rings (SSSR count). The molecule has 1 aromatic rings. The molecule has 1 aromatic carbocycles. The van der Waals surface area contributed by atoms with E-state index in [0.29, 0.717) is 12.0 Å². The lowest BCUT2D eigenvalue weighted by molar-refractivity contribution is 0.102. The maximum Gasteiger partial charge on any atom is 0.119 e. The van der Waals surface area contributed by atoms with Gasteiger partial charge in [-0.1, -0.05) is 38.5 Å². The third-order valence-corrected chi connectivity index (χ3v) is 4.29. The Hall–Kier alpha value is -1.06. The summed E-state index contributed by atoms with van der Waals surface area (Å²) >= 11 is 0. The van der Waals surface area contributed by atoms with Gasteiger partial charge in [0.05, 0.1) is 13.2 Å². The molecule has 2 N–H and O–H groups in total. The van der Waals surface area contributed by atoms with E-state index < -0.39 is 0 Å². The van der Waals surface area contributed by atoms with Crippen LogP contribution in [0.1, 0.15) is 39.5 Å². The summed E-state index contributed by atoms with van der Waals surface area (Å²) in [5.74, 6) is 1.43. The van der Waals surface area contributed by atoms with Crippen LogP contribution in [0, 0.1) is 5.92 Å². The summed E-state index contributed by atoms with van der Waals surface area (Å²) in [6, 6.07) is 10.3. The first-order valence-electron chi connectivity index (χ1n) is 7.73. The molecule has 0 spiro atoms. The van der Waals surface area contributed by atoms with E-state index in [2.05, 4.69) is 19.2 Å². The Labute approximate surface area is 122 Å². The van der Waals surface area contributed by atoms with Crippen LogP contribution in [-0.2, 0) is 0 Å². The molecule has 3 nitrogen and oxygen atoms in total. The van der Waals surface area contributed by atoms with Crippen LogP contribution in [0.2, 0.25) is 0 Å². The van der Waals surface area contributed by atoms with Gasteiger partial charge in [0.15, 0.2) is 0 Å². The summed E-state index contributed by atoms with van der Waals surface area (Å²) < 4.78 is 5.80. The van der Waals surface area contributed by atoms with Gasteiger partial charge in [-0.15, -0.1) is 0 Å². The number of hydrogen-bond donors (Lipinski definition) is 2. The van der Waals surface area contributed by atoms with E-state index in [9.17, 15) is 5.11 Å². The zero-order chi connectivity index (χ0) is 14.4. The summed E-state index contributed by atoms with van der Waals surface area (Å²) in [4.78, 5) is 0. The molecule has 0 aliphatic heterocycles. The van der Waals surface area contributed by atoms with Crippen molar-refractivity contribution in [2.75, 3.05) is 13.2 Å². The molecule has 112 valence electrons. The SMILES string of the molecule is CC(C)NC1(CO)CCCC1CCOc1ccccc1. The molecule has 1 aliphatic rings. The Balaban J connectivity index is 1.87. The number of rotatable bonds is 7. The lowest BCUT2D eigenvalue weighted by Gasteiger charge is -2.37. The van der Waals surface area contributed by atoms with Crippen molar-refractivity contribution in [1.29, 1.82) is 0 Å². The van der Waals surface area contributed by atoms with E-state index in [1.807, 2.05) is 30.3 Å². The van der Waals surface area contributed by atoms with Gasteiger partial charge in [-0.25, -0.2) is 0 Å². The smallest absolute Gasteiger partial charge is 0.119 e. The van der Waals surface area contributed by atoms with Crippen molar-refractivity contribution in [2.24, 2.45) is 5.92 Å². The average Bonchev–Trinajstić information content (AvgIpc) is 2.83. The van der Waals surface area contributed by atoms with Gasteiger partial charge in [-0.05, 0) is 37.3 Å². The summed E-state index contributed by atoms with van der Waals surface area (Å²) in [6.07, 6.45) is 4.43. The molecule has 0 bridgehead atoms. The van der Waals surface area contributed by atoms with E-state index in [4.69, 9.17) is 4.74 Å². The van der Waals surface area contributed by atoms with Crippen molar-refractivity contribution >= 4 is 0 Å². The van der Waals surface area contributed by atoms with Gasteiger partial charge < -0.3 is 15.2 Å². The van der Waals surface area contributed by atoms with Crippen LogP contribution in [-0.4, -0.2) is 29.9 Å². The zero-order valence-electron chi connectivity index (χ0n) is 12.6. The summed E-state index contributed by atoms with van der Waals surface area (Å²) in [5.41, 5.74) is -0.103. The van der Waals surface area contributed by atoms with E-state index >= 15 is 0 Å². The molecule has 0 amide bonds. The van der Waals surface area contributed by atoms with E-state index in [-0.39, 0.29) is 12.1 Å². The summed E-state index contributed by atoms with van der Waals surface area (Å²) in [7, 11) is 0. The molecule has 1 fully saturated rings. The molecule has 0 aromatic heterocycles. The molecular formula is C17H27NO2. The monoisotopic (exact) mass is 277 g/mol. The number of aliphatic hydroxyl groups is 1. The van der Waals surface area contributed by atoms with Crippen LogP contribution >= 0.6 is 0 Å². The topological polar surface area (TPSA) is 41.5 Å². The van der Waals surface area contributed by atoms with Crippen LogP contribution in [0.4, 0.5) is 0 Å². The highest BCUT2D eigenvalue weighted by Gasteiger charge is 2.42. The van der Waals surface area contributed by atoms with Gasteiger partial charge >= 0.3 is 0 Å². The third-order valence-electron chi connectivity index (χ3n) is 4.29. The fraction of sp³-hybridized carbons (Fsp3) is 0.647. The second-order valence-corrected chi connectivity index (χ2v) is 6.15. The predicted molar refractivity (Wildman–Crippen MR) is 82.0 cm³/mol. The minimum Gasteiger partial charge on any atom is -0.494 e. The van der Waals surface area contributed by atoms with Crippen LogP contribution < -0.4 is 10.1 Å². The predicted octanol–water partition coefficient (Wildman–Crippen LogP) is 2.98. The van der Waals surface area contributed by atoms with Crippen LogP contribution in [0.3, 0.4) is 0 Å². The van der Waals surface area contributed by atoms with Gasteiger partial charge in [0.25, 0.3) is 0 Å². The van der Waals surface area contributed by atoms with Crippen LogP contribution in [0.15, 0.2) is 30.3 Å². The lowest BCUT2D eigenvalue weighted by Crippen LogP contribution is -2.54. The summed E-state index contributed by atoms with van der Waals surface area (Å²) in [6.45, 7) is 5.23. The fourth-order valence-electron chi connectivity index (χ4n) is 3.42. The Morgan fingerprint density at radius 2 is 2.10 bits per heavy atom. The number of ether oxygens (including phenoxy) is 1. The van der Waals surface area contributed by atoms with Crippen LogP contribution in [0.25, 0.3) is 0 Å². The van der Waals surface area contributed by atoms with Crippen molar-refractivity contribution in [3.63, 3.8) is 0 Å². The van der Waals surface area contributed by atoms with Gasteiger partial charge in [0.1, 0.15) is 5.75 Å². The second kappa shape index (κ2) is 7.09. The third kappa shape index (κ3) is 3.74. The van der Waals surface area contributed by atoms with E-state index in [1.54, 1.807) is 0 Å². The first-order chi connectivity index (χ1) is 9.66. The highest BCUT2D eigenvalue weighted by atomic mass is 16.5. The number of benzene rings is 1. The van der Waals surface area contributed by atoms with E-state index in [0.717, 1.165) is 25.2 Å². The summed E-state index contributed by atoms with van der Waals surface area (Å²) in [5, 5.41) is 13.4. The number of aliphatic hydroxyl groups excluding tert-OH is 1.